The lowest BCUT2D eigenvalue weighted by Crippen LogP contribution is -2.48. The molecule has 0 amide bonds. The minimum Gasteiger partial charge on any atom is -0.414 e. The maximum Gasteiger partial charge on any atom is 0.192 e. The Morgan fingerprint density at radius 2 is 1.68 bits per heavy atom. The molecular weight excluding hydrogens is 505 g/mol. The normalized spacial score (nSPS) is 22.6. The minimum absolute atomic E-state index is 0.0649. The molecule has 192 valence electrons. The van der Waals surface area contributed by atoms with Crippen LogP contribution in [-0.2, 0) is 19.5 Å². The Morgan fingerprint density at radius 1 is 1.06 bits per heavy atom. The number of hydrogen-bond acceptors (Lipinski definition) is 5. The van der Waals surface area contributed by atoms with Crippen LogP contribution >= 0.6 is 23.2 Å². The largest absolute Gasteiger partial charge is 0.414 e. The van der Waals surface area contributed by atoms with E-state index in [1.807, 2.05) is 10.8 Å². The van der Waals surface area contributed by atoms with Crippen molar-refractivity contribution in [2.45, 2.75) is 109 Å². The molecule has 0 bridgehead atoms. The van der Waals surface area contributed by atoms with E-state index in [9.17, 15) is 0 Å². The van der Waals surface area contributed by atoms with Crippen LogP contribution in [0.15, 0.2) is 12.5 Å². The highest BCUT2D eigenvalue weighted by molar-refractivity contribution is 6.74. The summed E-state index contributed by atoms with van der Waals surface area (Å²) in [7, 11) is -3.96. The minimum atomic E-state index is -2.02. The molecular formula is C24H41Cl2N3O3Si2. The zero-order valence-electron chi connectivity index (χ0n) is 22.3. The monoisotopic (exact) mass is 545 g/mol. The van der Waals surface area contributed by atoms with E-state index >= 15 is 0 Å². The summed E-state index contributed by atoms with van der Waals surface area (Å²) in [5.41, 5.74) is 1.63. The van der Waals surface area contributed by atoms with E-state index < -0.39 is 16.6 Å². The standard InChI is InChI=1S/C24H41Cl2N3O3Si2/c1-23(2,3)33(7,8)30-14-18-17(32-34(9,10)24(4,5)6)11-19(31-18)29-13-16(12-25)20-21(26)27-15-28-22(20)29/h13,15,17-19H,11-12,14H2,1-10H3/t17-,18+,19+/m0/s1. The van der Waals surface area contributed by atoms with Gasteiger partial charge in [0.05, 0.1) is 18.1 Å². The summed E-state index contributed by atoms with van der Waals surface area (Å²) in [6.45, 7) is 23.2. The molecule has 1 fully saturated rings. The maximum atomic E-state index is 6.90. The zero-order valence-corrected chi connectivity index (χ0v) is 25.8. The van der Waals surface area contributed by atoms with E-state index in [0.717, 1.165) is 16.6 Å². The highest BCUT2D eigenvalue weighted by Crippen LogP contribution is 2.43. The zero-order chi connectivity index (χ0) is 25.7. The summed E-state index contributed by atoms with van der Waals surface area (Å²) in [4.78, 5) is 8.66. The molecule has 0 spiro atoms. The molecule has 1 aliphatic rings. The van der Waals surface area contributed by atoms with Crippen molar-refractivity contribution in [3.05, 3.63) is 23.2 Å². The third-order valence-electron chi connectivity index (χ3n) is 7.94. The molecule has 0 unspecified atom stereocenters. The van der Waals surface area contributed by atoms with E-state index in [-0.39, 0.29) is 28.5 Å². The van der Waals surface area contributed by atoms with Crippen molar-refractivity contribution in [3.8, 4) is 0 Å². The predicted octanol–water partition coefficient (Wildman–Crippen LogP) is 7.52. The summed E-state index contributed by atoms with van der Waals surface area (Å²) < 4.78 is 22.2. The molecule has 0 radical (unpaired) electrons. The smallest absolute Gasteiger partial charge is 0.192 e. The predicted molar refractivity (Wildman–Crippen MR) is 146 cm³/mol. The SMILES string of the molecule is CC(C)(C)[Si](C)(C)OC[C@H]1O[C@@H](n2cc(CCl)c3c(Cl)ncnc32)C[C@@H]1O[Si](C)(C)C(C)(C)C. The highest BCUT2D eigenvalue weighted by Gasteiger charge is 2.46. The van der Waals surface area contributed by atoms with Gasteiger partial charge in [0.1, 0.15) is 29.5 Å². The first kappa shape index (κ1) is 28.1. The number of hydrogen-bond donors (Lipinski definition) is 0. The van der Waals surface area contributed by atoms with Crippen molar-refractivity contribution in [2.24, 2.45) is 0 Å². The van der Waals surface area contributed by atoms with Crippen LogP contribution in [0.4, 0.5) is 0 Å². The highest BCUT2D eigenvalue weighted by atomic mass is 35.5. The van der Waals surface area contributed by atoms with Crippen LogP contribution in [0.3, 0.4) is 0 Å². The lowest BCUT2D eigenvalue weighted by atomic mass is 10.2. The second kappa shape index (κ2) is 9.76. The second-order valence-electron chi connectivity index (χ2n) is 12.4. The van der Waals surface area contributed by atoms with Crippen LogP contribution in [0.1, 0.15) is 59.8 Å². The number of aromatic nitrogens is 3. The number of alkyl halides is 1. The Labute approximate surface area is 216 Å². The van der Waals surface area contributed by atoms with Gasteiger partial charge in [0.25, 0.3) is 0 Å². The van der Waals surface area contributed by atoms with E-state index in [1.54, 1.807) is 0 Å². The van der Waals surface area contributed by atoms with Gasteiger partial charge in [0.15, 0.2) is 16.6 Å². The molecule has 0 aromatic carbocycles. The van der Waals surface area contributed by atoms with Crippen molar-refractivity contribution in [1.82, 2.24) is 14.5 Å². The lowest BCUT2D eigenvalue weighted by Gasteiger charge is -2.40. The van der Waals surface area contributed by atoms with Gasteiger partial charge in [-0.2, -0.15) is 0 Å². The van der Waals surface area contributed by atoms with Gasteiger partial charge in [-0.3, -0.25) is 0 Å². The fourth-order valence-electron chi connectivity index (χ4n) is 3.65. The molecule has 10 heteroatoms. The van der Waals surface area contributed by atoms with Crippen LogP contribution in [0.5, 0.6) is 0 Å². The Morgan fingerprint density at radius 3 is 2.24 bits per heavy atom. The van der Waals surface area contributed by atoms with Gasteiger partial charge in [-0.25, -0.2) is 9.97 Å². The summed E-state index contributed by atoms with van der Waals surface area (Å²) >= 11 is 12.6. The second-order valence-corrected chi connectivity index (χ2v) is 22.6. The van der Waals surface area contributed by atoms with Gasteiger partial charge >= 0.3 is 0 Å². The summed E-state index contributed by atoms with van der Waals surface area (Å²) in [5, 5.41) is 1.41. The van der Waals surface area contributed by atoms with Crippen molar-refractivity contribution in [1.29, 1.82) is 0 Å². The molecule has 1 saturated heterocycles. The Balaban J connectivity index is 1.93. The molecule has 2 aromatic rings. The summed E-state index contributed by atoms with van der Waals surface area (Å²) in [6.07, 6.45) is 3.71. The summed E-state index contributed by atoms with van der Waals surface area (Å²) in [6, 6.07) is 0. The first-order valence-corrected chi connectivity index (χ1v) is 18.7. The fraction of sp³-hybridized carbons (Fsp3) is 0.750. The van der Waals surface area contributed by atoms with Crippen LogP contribution in [0.25, 0.3) is 11.0 Å². The molecule has 6 nitrogen and oxygen atoms in total. The quantitative estimate of drug-likeness (QED) is 0.204. The van der Waals surface area contributed by atoms with Crippen LogP contribution < -0.4 is 0 Å². The van der Waals surface area contributed by atoms with Gasteiger partial charge in [-0.1, -0.05) is 53.1 Å². The van der Waals surface area contributed by atoms with Crippen molar-refractivity contribution in [2.75, 3.05) is 6.61 Å². The Hall–Kier alpha value is -0.486. The van der Waals surface area contributed by atoms with Crippen molar-refractivity contribution < 1.29 is 13.6 Å². The molecule has 0 aliphatic carbocycles. The molecule has 34 heavy (non-hydrogen) atoms. The molecule has 0 saturated carbocycles. The lowest BCUT2D eigenvalue weighted by molar-refractivity contribution is -0.0382. The van der Waals surface area contributed by atoms with Crippen molar-refractivity contribution >= 4 is 50.9 Å². The van der Waals surface area contributed by atoms with Gasteiger partial charge < -0.3 is 18.2 Å². The number of halogens is 2. The van der Waals surface area contributed by atoms with E-state index in [2.05, 4.69) is 77.7 Å². The van der Waals surface area contributed by atoms with Crippen LogP contribution in [0.2, 0.25) is 41.4 Å². The Kier molecular flexibility index (Phi) is 8.07. The first-order valence-electron chi connectivity index (χ1n) is 12.0. The van der Waals surface area contributed by atoms with Crippen molar-refractivity contribution in [3.63, 3.8) is 0 Å². The third-order valence-corrected chi connectivity index (χ3v) is 17.5. The number of ether oxygens (including phenoxy) is 1. The average molecular weight is 547 g/mol. The van der Waals surface area contributed by atoms with Crippen LogP contribution in [0, 0.1) is 0 Å². The van der Waals surface area contributed by atoms with Gasteiger partial charge in [-0.05, 0) is 41.8 Å². The molecule has 3 atom stereocenters. The topological polar surface area (TPSA) is 58.4 Å². The maximum absolute atomic E-state index is 6.90. The van der Waals surface area contributed by atoms with Gasteiger partial charge in [-0.15, -0.1) is 11.6 Å². The van der Waals surface area contributed by atoms with Gasteiger partial charge in [0.2, 0.25) is 0 Å². The Bertz CT molecular complexity index is 1020. The molecule has 0 N–H and O–H groups in total. The first-order chi connectivity index (χ1) is 15.5. The molecule has 3 heterocycles. The van der Waals surface area contributed by atoms with Gasteiger partial charge in [0, 0.05) is 18.5 Å². The fourth-order valence-corrected chi connectivity index (χ4v) is 6.47. The van der Waals surface area contributed by atoms with Crippen LogP contribution in [-0.4, -0.2) is 50.0 Å². The van der Waals surface area contributed by atoms with E-state index in [0.29, 0.717) is 24.1 Å². The van der Waals surface area contributed by atoms with E-state index in [4.69, 9.17) is 36.8 Å². The number of rotatable bonds is 7. The third kappa shape index (κ3) is 5.58. The average Bonchev–Trinajstić information content (AvgIpc) is 3.26. The molecule has 1 aliphatic heterocycles. The molecule has 3 rings (SSSR count). The summed E-state index contributed by atoms with van der Waals surface area (Å²) in [5.74, 6) is 0.325. The molecule has 2 aromatic heterocycles. The number of nitrogens with zero attached hydrogens (tertiary/aromatic N) is 3. The number of fused-ring (bicyclic) bond motifs is 1. The van der Waals surface area contributed by atoms with E-state index in [1.165, 1.54) is 6.33 Å².